The Morgan fingerprint density at radius 1 is 0.938 bits per heavy atom. The number of piperidine rings is 1. The molecule has 7 heterocycles. The van der Waals surface area contributed by atoms with Gasteiger partial charge in [0.05, 0.1) is 68.3 Å². The summed E-state index contributed by atoms with van der Waals surface area (Å²) in [6.07, 6.45) is 13.4. The highest BCUT2D eigenvalue weighted by atomic mass is 35.5. The predicted octanol–water partition coefficient (Wildman–Crippen LogP) is 8.53. The number of aliphatic hydroxyl groups excluding tert-OH is 1. The number of allylic oxidation sites excluding steroid dienone is 1. The van der Waals surface area contributed by atoms with E-state index in [2.05, 4.69) is 60.0 Å². The molecule has 0 unspecified atom stereocenters. The van der Waals surface area contributed by atoms with Gasteiger partial charge in [-0.05, 0) is 129 Å². The first-order chi connectivity index (χ1) is 38.6. The molecule has 18 heteroatoms. The first-order valence-electron chi connectivity index (χ1n) is 29.3. The molecule has 2 aromatic heterocycles. The van der Waals surface area contributed by atoms with Crippen LogP contribution in [0.1, 0.15) is 138 Å². The lowest BCUT2D eigenvalue weighted by Crippen LogP contribution is -2.60. The van der Waals surface area contributed by atoms with E-state index in [1.54, 1.807) is 22.3 Å². The van der Waals surface area contributed by atoms with Crippen molar-refractivity contribution in [2.75, 3.05) is 52.9 Å². The van der Waals surface area contributed by atoms with E-state index in [0.717, 1.165) is 123 Å². The topological polar surface area (TPSA) is 178 Å². The Morgan fingerprint density at radius 2 is 1.69 bits per heavy atom. The molecule has 7 aliphatic rings. The highest BCUT2D eigenvalue weighted by molar-refractivity contribution is 7.13. The summed E-state index contributed by atoms with van der Waals surface area (Å²) < 4.78 is 7.26. The Balaban J connectivity index is 0.670. The minimum atomic E-state index is -0.872. The predicted molar refractivity (Wildman–Crippen MR) is 311 cm³/mol. The lowest BCUT2D eigenvalue weighted by molar-refractivity contribution is -0.151. The summed E-state index contributed by atoms with van der Waals surface area (Å²) in [7, 11) is 1.40. The molecule has 424 valence electrons. The van der Waals surface area contributed by atoms with Crippen LogP contribution in [0.3, 0.4) is 0 Å². The van der Waals surface area contributed by atoms with Gasteiger partial charge in [0, 0.05) is 57.0 Å². The van der Waals surface area contributed by atoms with E-state index in [4.69, 9.17) is 21.3 Å². The smallest absolute Gasteiger partial charge is 0.311 e. The molecule has 5 aliphatic heterocycles. The first kappa shape index (κ1) is 54.9. The molecular weight excluding hydrogens is 1050 g/mol. The molecule has 4 N–H and O–H groups in total. The van der Waals surface area contributed by atoms with Crippen LogP contribution in [0.2, 0.25) is 5.02 Å². The molecule has 5 fully saturated rings. The van der Waals surface area contributed by atoms with Gasteiger partial charge in [0.15, 0.2) is 0 Å². The molecule has 12 rings (SSSR count). The number of benzene rings is 3. The molecule has 80 heavy (non-hydrogen) atoms. The molecule has 2 aliphatic carbocycles. The molecule has 0 radical (unpaired) electrons. The number of esters is 1. The van der Waals surface area contributed by atoms with Crippen molar-refractivity contribution in [1.82, 2.24) is 50.5 Å². The van der Waals surface area contributed by atoms with Crippen LogP contribution in [-0.2, 0) is 24.5 Å². The average molecular weight is 1130 g/mol. The Hall–Kier alpha value is -5.69. The largest absolute Gasteiger partial charge is 0.469 e. The molecule has 2 amide bonds. The van der Waals surface area contributed by atoms with Crippen LogP contribution < -0.4 is 21.8 Å². The van der Waals surface area contributed by atoms with Crippen molar-refractivity contribution in [3.63, 3.8) is 0 Å². The van der Waals surface area contributed by atoms with E-state index in [1.807, 2.05) is 74.6 Å². The lowest BCUT2D eigenvalue weighted by atomic mass is 9.69. The normalized spacial score (nSPS) is 24.3. The minimum Gasteiger partial charge on any atom is -0.469 e. The van der Waals surface area contributed by atoms with Crippen LogP contribution in [0.5, 0.6) is 0 Å². The maximum Gasteiger partial charge on any atom is 0.311 e. The van der Waals surface area contributed by atoms with Crippen molar-refractivity contribution >= 4 is 51.6 Å². The number of aliphatic hydroxyl groups is 1. The van der Waals surface area contributed by atoms with E-state index < -0.39 is 29.6 Å². The monoisotopic (exact) mass is 1120 g/mol. The van der Waals surface area contributed by atoms with Crippen LogP contribution in [0, 0.1) is 30.1 Å². The summed E-state index contributed by atoms with van der Waals surface area (Å²) in [6.45, 7) is 12.9. The quantitative estimate of drug-likeness (QED) is 0.0826. The number of likely N-dealkylation sites (tertiary alicyclic amines) is 3. The first-order valence-corrected chi connectivity index (χ1v) is 30.5. The minimum absolute atomic E-state index is 0.0585. The van der Waals surface area contributed by atoms with E-state index in [9.17, 15) is 24.3 Å². The van der Waals surface area contributed by atoms with Crippen molar-refractivity contribution in [1.29, 1.82) is 0 Å². The average Bonchev–Trinajstić information content (AvgIpc) is 2.97. The summed E-state index contributed by atoms with van der Waals surface area (Å²) in [5, 5.41) is 17.3. The number of methoxy groups -OCH3 is 1. The summed E-state index contributed by atoms with van der Waals surface area (Å²) in [6, 6.07) is 19.1. The van der Waals surface area contributed by atoms with Crippen LogP contribution in [0.25, 0.3) is 27.0 Å². The van der Waals surface area contributed by atoms with Gasteiger partial charge in [0.2, 0.25) is 11.8 Å². The van der Waals surface area contributed by atoms with Crippen molar-refractivity contribution in [3.05, 3.63) is 122 Å². The van der Waals surface area contributed by atoms with E-state index in [0.29, 0.717) is 47.8 Å². The number of aryl methyl sites for hydroxylation is 1. The standard InChI is InChI=1S/C62H77ClN10O6S/c1-37-54(80-36-64-37)42-18-16-40(17-19-42)48(34-70-31-44(32-70)59(78)79-5)65-56(75)52-29-45(74)33-71(52)58(77)55(61(2,3)4)72-35-49(67-68-72)41-14-12-38(13-15-41)30-69-26-22-39(23-27-69)43-20-21-46-51(28-43)73-50-11-9-10-47(63)53(50)57(76)66-60(73)62(46)24-7-6-8-25-62/h9-11,16-21,28,35-36,38-39,41,44-45,48,52,55,67-68,74H,6-8,12-15,22-27,29-34H2,1-5H3,(H,65,75)/t38?,41?,45-,48+,52+,55-/m1/s1. The number of carbonyl (C=O) groups is 3. The summed E-state index contributed by atoms with van der Waals surface area (Å²) >= 11 is 8.25. The molecule has 4 atom stereocenters. The van der Waals surface area contributed by atoms with Gasteiger partial charge in [0.1, 0.15) is 17.9 Å². The fraction of sp³-hybridized carbons (Fsp3) is 0.548. The number of carbonyl (C=O) groups excluding carboxylic acids is 3. The summed E-state index contributed by atoms with van der Waals surface area (Å²) in [5.41, 5.74) is 16.3. The number of nitrogens with zero attached hydrogens (tertiary/aromatic N) is 7. The summed E-state index contributed by atoms with van der Waals surface area (Å²) in [4.78, 5) is 72.0. The molecule has 3 saturated heterocycles. The van der Waals surface area contributed by atoms with Crippen molar-refractivity contribution in [2.45, 2.75) is 140 Å². The van der Waals surface area contributed by atoms with Gasteiger partial charge in [-0.1, -0.05) is 94.1 Å². The van der Waals surface area contributed by atoms with Crippen molar-refractivity contribution in [2.24, 2.45) is 23.2 Å². The van der Waals surface area contributed by atoms with Crippen molar-refractivity contribution < 1.29 is 24.2 Å². The number of fused-ring (bicyclic) bond motifs is 7. The van der Waals surface area contributed by atoms with Crippen LogP contribution in [0.15, 0.2) is 82.9 Å². The Kier molecular flexibility index (Phi) is 15.2. The number of nitrogens with one attached hydrogen (secondary N) is 3. The van der Waals surface area contributed by atoms with E-state index in [1.165, 1.54) is 30.3 Å². The number of hydrogen-bond donors (Lipinski definition) is 4. The summed E-state index contributed by atoms with van der Waals surface area (Å²) in [5.74, 6) is 1.31. The number of amides is 2. The van der Waals surface area contributed by atoms with E-state index >= 15 is 0 Å². The zero-order valence-corrected chi connectivity index (χ0v) is 48.5. The third-order valence-corrected chi connectivity index (χ3v) is 20.3. The third kappa shape index (κ3) is 10.4. The third-order valence-electron chi connectivity index (χ3n) is 19.0. The maximum absolute atomic E-state index is 15.0. The number of halogens is 1. The molecule has 3 aromatic carbocycles. The molecule has 16 nitrogen and oxygen atoms in total. The second kappa shape index (κ2) is 22.2. The van der Waals surface area contributed by atoms with Gasteiger partial charge >= 0.3 is 5.97 Å². The fourth-order valence-corrected chi connectivity index (χ4v) is 15.8. The second-order valence-electron chi connectivity index (χ2n) is 25.2. The zero-order valence-electron chi connectivity index (χ0n) is 46.9. The lowest BCUT2D eigenvalue weighted by Gasteiger charge is -2.40. The Labute approximate surface area is 478 Å². The van der Waals surface area contributed by atoms with Crippen molar-refractivity contribution in [3.8, 4) is 16.1 Å². The van der Waals surface area contributed by atoms with E-state index in [-0.39, 0.29) is 47.6 Å². The number of hydrogen-bond acceptors (Lipinski definition) is 14. The molecule has 1 spiro atoms. The van der Waals surface area contributed by atoms with Gasteiger partial charge in [0.25, 0.3) is 5.56 Å². The number of β-amino-alcohol motifs (C(OH)–C–C–N with tert-alkyl or cyclic N) is 1. The second-order valence-corrected chi connectivity index (χ2v) is 26.5. The van der Waals surface area contributed by atoms with Crippen LogP contribution in [0.4, 0.5) is 0 Å². The molecule has 0 bridgehead atoms. The van der Waals surface area contributed by atoms with Crippen LogP contribution in [-0.4, -0.2) is 128 Å². The molecule has 2 saturated carbocycles. The molecular formula is C62H77ClN10O6S. The van der Waals surface area contributed by atoms with Gasteiger partial charge < -0.3 is 30.4 Å². The van der Waals surface area contributed by atoms with Gasteiger partial charge in [-0.2, -0.15) is 4.98 Å². The fourth-order valence-electron chi connectivity index (χ4n) is 14.7. The van der Waals surface area contributed by atoms with Crippen LogP contribution >= 0.6 is 22.9 Å². The Morgan fingerprint density at radius 3 is 2.39 bits per heavy atom. The van der Waals surface area contributed by atoms with Gasteiger partial charge in [-0.15, -0.1) is 16.9 Å². The van der Waals surface area contributed by atoms with Gasteiger partial charge in [-0.3, -0.25) is 33.7 Å². The molecule has 5 aromatic rings. The van der Waals surface area contributed by atoms with Gasteiger partial charge in [-0.25, -0.2) is 4.98 Å². The number of ether oxygens (including phenoxy) is 1. The highest BCUT2D eigenvalue weighted by Crippen LogP contribution is 2.52. The maximum atomic E-state index is 15.0. The highest BCUT2D eigenvalue weighted by Gasteiger charge is 2.49. The Bertz CT molecular complexity index is 3240. The zero-order chi connectivity index (χ0) is 55.6. The number of hydrazine groups is 2. The SMILES string of the molecule is COC(=O)C1CN(C[C@H](NC(=O)[C@@H]2C[C@@H](O)CN2C(=O)[C@@H](N2C=C(C3CCC(CN4CCC(c5ccc6c(c5)-n5c(nc(=O)c7c(Cl)cccc75)C65CCCCC5)CC4)CC3)NN2)C(C)(C)C)c2ccc(-c3scnc3C)cc2)C1. The number of thiazole rings is 1. The number of rotatable bonds is 13. The number of aromatic nitrogens is 3.